The Kier molecular flexibility index (Phi) is 4.42. The van der Waals surface area contributed by atoms with E-state index in [9.17, 15) is 14.4 Å². The van der Waals surface area contributed by atoms with Gasteiger partial charge in [-0.3, -0.25) is 14.4 Å². The number of hydrogen-bond acceptors (Lipinski definition) is 4. The molecule has 0 spiro atoms. The minimum atomic E-state index is -0.383. The van der Waals surface area contributed by atoms with E-state index < -0.39 is 0 Å². The molecule has 3 rings (SSSR count). The van der Waals surface area contributed by atoms with Gasteiger partial charge in [0.05, 0.1) is 11.4 Å². The summed E-state index contributed by atoms with van der Waals surface area (Å²) in [7, 11) is 0. The van der Waals surface area contributed by atoms with Gasteiger partial charge in [0.2, 0.25) is 11.8 Å². The first-order chi connectivity index (χ1) is 10.6. The Morgan fingerprint density at radius 3 is 2.77 bits per heavy atom. The fraction of sp³-hybridized carbons (Fsp3) is 0.533. The standard InChI is InChI=1S/C15H19N3O3S/c19-13(9-16-15(21)12-4-2-8-22-12)18-7-1-3-11(18)14(20)17-10-5-6-10/h2,4,8,10-11H,1,3,5-7,9H2,(H,16,21)(H,17,20). The Labute approximate surface area is 132 Å². The Morgan fingerprint density at radius 1 is 1.27 bits per heavy atom. The molecule has 1 unspecified atom stereocenters. The molecule has 3 amide bonds. The first kappa shape index (κ1) is 15.0. The molecular formula is C15H19N3O3S. The van der Waals surface area contributed by atoms with Gasteiger partial charge in [0.15, 0.2) is 0 Å². The summed E-state index contributed by atoms with van der Waals surface area (Å²) in [5.41, 5.74) is 0. The van der Waals surface area contributed by atoms with Crippen molar-refractivity contribution in [3.63, 3.8) is 0 Å². The molecule has 2 N–H and O–H groups in total. The molecule has 7 heteroatoms. The van der Waals surface area contributed by atoms with Crippen LogP contribution in [0.15, 0.2) is 17.5 Å². The maximum absolute atomic E-state index is 12.3. The molecule has 1 aliphatic heterocycles. The number of likely N-dealkylation sites (tertiary alicyclic amines) is 1. The number of hydrogen-bond donors (Lipinski definition) is 2. The number of nitrogens with zero attached hydrogens (tertiary/aromatic N) is 1. The van der Waals surface area contributed by atoms with E-state index >= 15 is 0 Å². The van der Waals surface area contributed by atoms with Gasteiger partial charge < -0.3 is 15.5 Å². The van der Waals surface area contributed by atoms with Crippen molar-refractivity contribution in [1.29, 1.82) is 0 Å². The average Bonchev–Trinajstić information content (AvgIpc) is 3.00. The molecule has 1 saturated carbocycles. The zero-order valence-electron chi connectivity index (χ0n) is 12.2. The minimum Gasteiger partial charge on any atom is -0.352 e. The van der Waals surface area contributed by atoms with Gasteiger partial charge in [-0.1, -0.05) is 6.07 Å². The van der Waals surface area contributed by atoms with Gasteiger partial charge in [-0.2, -0.15) is 0 Å². The van der Waals surface area contributed by atoms with Crippen molar-refractivity contribution in [1.82, 2.24) is 15.5 Å². The Balaban J connectivity index is 1.52. The highest BCUT2D eigenvalue weighted by Crippen LogP contribution is 2.22. The lowest BCUT2D eigenvalue weighted by molar-refractivity contribution is -0.137. The van der Waals surface area contributed by atoms with Crippen LogP contribution in [0.5, 0.6) is 0 Å². The van der Waals surface area contributed by atoms with Crippen LogP contribution in [0.3, 0.4) is 0 Å². The summed E-state index contributed by atoms with van der Waals surface area (Å²) in [5.74, 6) is -0.502. The fourth-order valence-corrected chi connectivity index (χ4v) is 3.26. The van der Waals surface area contributed by atoms with Crippen LogP contribution < -0.4 is 10.6 Å². The first-order valence-electron chi connectivity index (χ1n) is 7.56. The largest absolute Gasteiger partial charge is 0.352 e. The SMILES string of the molecule is O=C(NCC(=O)N1CCCC1C(=O)NC1CC1)c1cccs1. The molecule has 6 nitrogen and oxygen atoms in total. The van der Waals surface area contributed by atoms with E-state index in [4.69, 9.17) is 0 Å². The summed E-state index contributed by atoms with van der Waals surface area (Å²) < 4.78 is 0. The Hall–Kier alpha value is -1.89. The summed E-state index contributed by atoms with van der Waals surface area (Å²) in [6, 6.07) is 3.42. The van der Waals surface area contributed by atoms with E-state index in [1.165, 1.54) is 11.3 Å². The van der Waals surface area contributed by atoms with Crippen LogP contribution in [0.1, 0.15) is 35.4 Å². The first-order valence-corrected chi connectivity index (χ1v) is 8.44. The van der Waals surface area contributed by atoms with Crippen LogP contribution in [0.2, 0.25) is 0 Å². The third-order valence-corrected chi connectivity index (χ3v) is 4.81. The Morgan fingerprint density at radius 2 is 2.09 bits per heavy atom. The summed E-state index contributed by atoms with van der Waals surface area (Å²) in [5, 5.41) is 7.39. The van der Waals surface area contributed by atoms with Crippen LogP contribution in [-0.2, 0) is 9.59 Å². The van der Waals surface area contributed by atoms with Gasteiger partial charge in [-0.05, 0) is 37.1 Å². The summed E-state index contributed by atoms with van der Waals surface area (Å²) >= 11 is 1.33. The van der Waals surface area contributed by atoms with Crippen molar-refractivity contribution in [2.24, 2.45) is 0 Å². The number of carbonyl (C=O) groups excluding carboxylic acids is 3. The number of nitrogens with one attached hydrogen (secondary N) is 2. The second-order valence-corrected chi connectivity index (χ2v) is 6.64. The van der Waals surface area contributed by atoms with Crippen LogP contribution >= 0.6 is 11.3 Å². The summed E-state index contributed by atoms with van der Waals surface area (Å²) in [6.07, 6.45) is 3.59. The molecule has 1 aliphatic carbocycles. The number of rotatable bonds is 5. The molecule has 2 aliphatic rings. The predicted molar refractivity (Wildman–Crippen MR) is 82.6 cm³/mol. The summed E-state index contributed by atoms with van der Waals surface area (Å²) in [4.78, 5) is 38.4. The Bertz CT molecular complexity index is 569. The molecule has 1 atom stereocenters. The molecule has 1 aromatic rings. The molecule has 1 aromatic heterocycles. The molecule has 0 aromatic carbocycles. The van der Waals surface area contributed by atoms with E-state index in [2.05, 4.69) is 10.6 Å². The van der Waals surface area contributed by atoms with Gasteiger partial charge in [0.25, 0.3) is 5.91 Å². The third kappa shape index (κ3) is 3.47. The topological polar surface area (TPSA) is 78.5 Å². The monoisotopic (exact) mass is 321 g/mol. The van der Waals surface area contributed by atoms with Crippen molar-refractivity contribution >= 4 is 29.1 Å². The molecular weight excluding hydrogens is 302 g/mol. The lowest BCUT2D eigenvalue weighted by Gasteiger charge is -2.24. The predicted octanol–water partition coefficient (Wildman–Crippen LogP) is 0.747. The van der Waals surface area contributed by atoms with E-state index in [-0.39, 0.29) is 30.3 Å². The molecule has 22 heavy (non-hydrogen) atoms. The van der Waals surface area contributed by atoms with E-state index in [1.807, 2.05) is 5.38 Å². The van der Waals surface area contributed by atoms with Gasteiger partial charge in [-0.15, -0.1) is 11.3 Å². The zero-order valence-corrected chi connectivity index (χ0v) is 13.0. The van der Waals surface area contributed by atoms with E-state index in [0.29, 0.717) is 23.9 Å². The number of thiophene rings is 1. The maximum atomic E-state index is 12.3. The minimum absolute atomic E-state index is 0.0575. The highest BCUT2D eigenvalue weighted by molar-refractivity contribution is 7.12. The molecule has 2 heterocycles. The average molecular weight is 321 g/mol. The second kappa shape index (κ2) is 6.48. The lowest BCUT2D eigenvalue weighted by atomic mass is 10.2. The lowest BCUT2D eigenvalue weighted by Crippen LogP contribution is -2.49. The quantitative estimate of drug-likeness (QED) is 0.840. The molecule has 118 valence electrons. The van der Waals surface area contributed by atoms with Crippen molar-refractivity contribution in [2.45, 2.75) is 37.8 Å². The smallest absolute Gasteiger partial charge is 0.261 e. The number of carbonyl (C=O) groups is 3. The zero-order chi connectivity index (χ0) is 15.5. The van der Waals surface area contributed by atoms with Crippen LogP contribution in [-0.4, -0.2) is 47.8 Å². The van der Waals surface area contributed by atoms with Crippen molar-refractivity contribution < 1.29 is 14.4 Å². The fourth-order valence-electron chi connectivity index (χ4n) is 2.62. The third-order valence-electron chi connectivity index (χ3n) is 3.94. The van der Waals surface area contributed by atoms with Gasteiger partial charge in [0, 0.05) is 12.6 Å². The van der Waals surface area contributed by atoms with Crippen LogP contribution in [0.4, 0.5) is 0 Å². The van der Waals surface area contributed by atoms with Gasteiger partial charge >= 0.3 is 0 Å². The van der Waals surface area contributed by atoms with E-state index in [0.717, 1.165) is 19.3 Å². The second-order valence-electron chi connectivity index (χ2n) is 5.69. The highest BCUT2D eigenvalue weighted by atomic mass is 32.1. The maximum Gasteiger partial charge on any atom is 0.261 e. The molecule has 0 bridgehead atoms. The van der Waals surface area contributed by atoms with Crippen molar-refractivity contribution in [3.8, 4) is 0 Å². The molecule has 2 fully saturated rings. The van der Waals surface area contributed by atoms with Gasteiger partial charge in [-0.25, -0.2) is 0 Å². The number of amides is 3. The van der Waals surface area contributed by atoms with E-state index in [1.54, 1.807) is 17.0 Å². The molecule has 0 radical (unpaired) electrons. The van der Waals surface area contributed by atoms with Crippen LogP contribution in [0.25, 0.3) is 0 Å². The van der Waals surface area contributed by atoms with Crippen molar-refractivity contribution in [3.05, 3.63) is 22.4 Å². The highest BCUT2D eigenvalue weighted by Gasteiger charge is 2.36. The van der Waals surface area contributed by atoms with Gasteiger partial charge in [0.1, 0.15) is 6.04 Å². The molecule has 1 saturated heterocycles. The summed E-state index contributed by atoms with van der Waals surface area (Å²) in [6.45, 7) is 0.514. The normalized spacial score (nSPS) is 20.7. The van der Waals surface area contributed by atoms with Crippen LogP contribution in [0, 0.1) is 0 Å². The van der Waals surface area contributed by atoms with Crippen molar-refractivity contribution in [2.75, 3.05) is 13.1 Å².